The minimum atomic E-state index is -0.686. The maximum atomic E-state index is 9.45. The van der Waals surface area contributed by atoms with Crippen molar-refractivity contribution in [3.05, 3.63) is 0 Å². The van der Waals surface area contributed by atoms with Crippen molar-refractivity contribution < 1.29 is 5.11 Å². The van der Waals surface area contributed by atoms with E-state index in [4.69, 9.17) is 6.42 Å². The van der Waals surface area contributed by atoms with Gasteiger partial charge in [-0.1, -0.05) is 13.8 Å². The van der Waals surface area contributed by atoms with E-state index in [2.05, 4.69) is 5.92 Å². The molecule has 1 atom stereocenters. The fraction of sp³-hybridized carbons (Fsp3) is 0.750. The topological polar surface area (TPSA) is 20.2 Å². The fourth-order valence-corrected chi connectivity index (χ4v) is 0.411. The Morgan fingerprint density at radius 2 is 2.11 bits per heavy atom. The number of hydrogen-bond donors (Lipinski definition) is 1. The lowest BCUT2D eigenvalue weighted by molar-refractivity contribution is 0.0186. The lowest BCUT2D eigenvalue weighted by Gasteiger charge is -2.24. The number of aliphatic hydroxyl groups is 1. The monoisotopic (exact) mass is 126 g/mol. The van der Waals surface area contributed by atoms with Gasteiger partial charge in [-0.25, -0.2) is 0 Å². The molecule has 0 heterocycles. The summed E-state index contributed by atoms with van der Waals surface area (Å²) < 4.78 is 0. The van der Waals surface area contributed by atoms with Gasteiger partial charge in [0.15, 0.2) is 0 Å². The van der Waals surface area contributed by atoms with Gasteiger partial charge in [0, 0.05) is 6.42 Å². The minimum Gasteiger partial charge on any atom is -0.389 e. The molecule has 0 aromatic carbocycles. The Morgan fingerprint density at radius 1 is 1.67 bits per heavy atom. The first kappa shape index (κ1) is 8.52. The van der Waals surface area contributed by atoms with E-state index in [0.717, 1.165) is 0 Å². The molecule has 1 heteroatoms. The minimum absolute atomic E-state index is 0.230. The van der Waals surface area contributed by atoms with Gasteiger partial charge in [0.25, 0.3) is 0 Å². The number of rotatable bonds is 2. The molecule has 0 saturated heterocycles. The lowest BCUT2D eigenvalue weighted by atomic mass is 9.90. The van der Waals surface area contributed by atoms with Gasteiger partial charge in [0.05, 0.1) is 5.60 Å². The molecule has 0 aromatic rings. The zero-order valence-corrected chi connectivity index (χ0v) is 6.31. The van der Waals surface area contributed by atoms with Gasteiger partial charge in [0.2, 0.25) is 0 Å². The van der Waals surface area contributed by atoms with Crippen LogP contribution in [0, 0.1) is 18.3 Å². The normalized spacial score (nSPS) is 16.9. The average Bonchev–Trinajstić information content (AvgIpc) is 1.65. The van der Waals surface area contributed by atoms with E-state index in [0.29, 0.717) is 6.42 Å². The SMILES string of the molecule is C#CC[C@@](C)(O)C(C)C. The highest BCUT2D eigenvalue weighted by Crippen LogP contribution is 2.18. The van der Waals surface area contributed by atoms with Crippen LogP contribution in [0.5, 0.6) is 0 Å². The molecule has 0 saturated carbocycles. The Bertz CT molecular complexity index is 117. The van der Waals surface area contributed by atoms with Gasteiger partial charge in [-0.05, 0) is 12.8 Å². The van der Waals surface area contributed by atoms with Gasteiger partial charge >= 0.3 is 0 Å². The molecule has 0 rings (SSSR count). The standard InChI is InChI=1S/C8H14O/c1-5-6-8(4,9)7(2)3/h1,7,9H,6H2,2-4H3/t8-/m1/s1. The van der Waals surface area contributed by atoms with Crippen LogP contribution in [0.2, 0.25) is 0 Å². The molecule has 0 bridgehead atoms. The second-order valence-corrected chi connectivity index (χ2v) is 2.89. The van der Waals surface area contributed by atoms with Crippen LogP contribution in [-0.4, -0.2) is 10.7 Å². The number of terminal acetylenes is 1. The van der Waals surface area contributed by atoms with E-state index in [-0.39, 0.29) is 5.92 Å². The van der Waals surface area contributed by atoms with Crippen molar-refractivity contribution in [3.8, 4) is 12.3 Å². The molecule has 0 unspecified atom stereocenters. The summed E-state index contributed by atoms with van der Waals surface area (Å²) in [6, 6.07) is 0. The van der Waals surface area contributed by atoms with Crippen molar-refractivity contribution >= 4 is 0 Å². The van der Waals surface area contributed by atoms with Crippen LogP contribution in [0.4, 0.5) is 0 Å². The molecule has 9 heavy (non-hydrogen) atoms. The van der Waals surface area contributed by atoms with E-state index in [1.165, 1.54) is 0 Å². The largest absolute Gasteiger partial charge is 0.389 e. The molecule has 0 amide bonds. The highest BCUT2D eigenvalue weighted by atomic mass is 16.3. The summed E-state index contributed by atoms with van der Waals surface area (Å²) in [6.07, 6.45) is 5.48. The van der Waals surface area contributed by atoms with Crippen molar-refractivity contribution in [2.24, 2.45) is 5.92 Å². The summed E-state index contributed by atoms with van der Waals surface area (Å²) in [5.74, 6) is 2.67. The third-order valence-corrected chi connectivity index (χ3v) is 1.70. The van der Waals surface area contributed by atoms with Gasteiger partial charge in [-0.3, -0.25) is 0 Å². The van der Waals surface area contributed by atoms with Crippen LogP contribution in [0.3, 0.4) is 0 Å². The summed E-state index contributed by atoms with van der Waals surface area (Å²) in [5, 5.41) is 9.45. The van der Waals surface area contributed by atoms with Crippen LogP contribution < -0.4 is 0 Å². The van der Waals surface area contributed by atoms with Gasteiger partial charge in [-0.2, -0.15) is 0 Å². The smallest absolute Gasteiger partial charge is 0.0751 e. The number of hydrogen-bond acceptors (Lipinski definition) is 1. The van der Waals surface area contributed by atoms with Gasteiger partial charge in [-0.15, -0.1) is 12.3 Å². The van der Waals surface area contributed by atoms with Crippen LogP contribution in [0.25, 0.3) is 0 Å². The molecule has 1 nitrogen and oxygen atoms in total. The van der Waals surface area contributed by atoms with Crippen molar-refractivity contribution in [2.45, 2.75) is 32.8 Å². The molecule has 0 fully saturated rings. The van der Waals surface area contributed by atoms with Gasteiger partial charge in [0.1, 0.15) is 0 Å². The van der Waals surface area contributed by atoms with E-state index < -0.39 is 5.60 Å². The van der Waals surface area contributed by atoms with Crippen LogP contribution >= 0.6 is 0 Å². The van der Waals surface area contributed by atoms with Crippen LogP contribution in [-0.2, 0) is 0 Å². The third-order valence-electron chi connectivity index (χ3n) is 1.70. The molecular weight excluding hydrogens is 112 g/mol. The highest BCUT2D eigenvalue weighted by molar-refractivity contribution is 4.94. The third kappa shape index (κ3) is 2.53. The molecule has 0 aliphatic heterocycles. The van der Waals surface area contributed by atoms with E-state index >= 15 is 0 Å². The Labute approximate surface area is 57.1 Å². The first-order valence-corrected chi connectivity index (χ1v) is 3.16. The molecule has 1 N–H and O–H groups in total. The summed E-state index contributed by atoms with van der Waals surface area (Å²) in [5.41, 5.74) is -0.686. The predicted molar refractivity (Wildman–Crippen MR) is 38.9 cm³/mol. The van der Waals surface area contributed by atoms with Crippen molar-refractivity contribution in [1.29, 1.82) is 0 Å². The van der Waals surface area contributed by atoms with Crippen molar-refractivity contribution in [1.82, 2.24) is 0 Å². The molecule has 0 aliphatic rings. The average molecular weight is 126 g/mol. The second kappa shape index (κ2) is 2.89. The van der Waals surface area contributed by atoms with Gasteiger partial charge < -0.3 is 5.11 Å². The Morgan fingerprint density at radius 3 is 2.22 bits per heavy atom. The molecule has 0 aromatic heterocycles. The summed E-state index contributed by atoms with van der Waals surface area (Å²) in [6.45, 7) is 5.67. The lowest BCUT2D eigenvalue weighted by Crippen LogP contribution is -2.30. The van der Waals surface area contributed by atoms with Crippen LogP contribution in [0.15, 0.2) is 0 Å². The van der Waals surface area contributed by atoms with Crippen molar-refractivity contribution in [3.63, 3.8) is 0 Å². The summed E-state index contributed by atoms with van der Waals surface area (Å²) in [7, 11) is 0. The maximum Gasteiger partial charge on any atom is 0.0751 e. The Hall–Kier alpha value is -0.480. The van der Waals surface area contributed by atoms with Crippen LogP contribution in [0.1, 0.15) is 27.2 Å². The summed E-state index contributed by atoms with van der Waals surface area (Å²) in [4.78, 5) is 0. The zero-order valence-electron chi connectivity index (χ0n) is 6.31. The highest BCUT2D eigenvalue weighted by Gasteiger charge is 2.22. The molecule has 0 radical (unpaired) electrons. The van der Waals surface area contributed by atoms with E-state index in [1.807, 2.05) is 13.8 Å². The zero-order chi connectivity index (χ0) is 7.49. The van der Waals surface area contributed by atoms with E-state index in [1.54, 1.807) is 6.92 Å². The van der Waals surface area contributed by atoms with Crippen molar-refractivity contribution in [2.75, 3.05) is 0 Å². The molecule has 0 aliphatic carbocycles. The molecule has 0 spiro atoms. The molecule has 52 valence electrons. The quantitative estimate of drug-likeness (QED) is 0.555. The van der Waals surface area contributed by atoms with E-state index in [9.17, 15) is 5.11 Å². The predicted octanol–water partition coefficient (Wildman–Crippen LogP) is 1.42. The first-order chi connectivity index (χ1) is 4.00. The Kier molecular flexibility index (Phi) is 2.73. The maximum absolute atomic E-state index is 9.45. The fourth-order valence-electron chi connectivity index (χ4n) is 0.411. The Balaban J connectivity index is 3.89. The first-order valence-electron chi connectivity index (χ1n) is 3.16. The second-order valence-electron chi connectivity index (χ2n) is 2.89. The summed E-state index contributed by atoms with van der Waals surface area (Å²) >= 11 is 0. The molecular formula is C8H14O.